The zero-order valence-corrected chi connectivity index (χ0v) is 15.3. The molecule has 1 saturated heterocycles. The van der Waals surface area contributed by atoms with Crippen LogP contribution in [0.15, 0.2) is 24.3 Å². The first-order valence-electron chi connectivity index (χ1n) is 9.02. The molecule has 1 aromatic carbocycles. The van der Waals surface area contributed by atoms with Gasteiger partial charge in [0.15, 0.2) is 0 Å². The van der Waals surface area contributed by atoms with Gasteiger partial charge < -0.3 is 10.2 Å². The summed E-state index contributed by atoms with van der Waals surface area (Å²) in [7, 11) is 0. The van der Waals surface area contributed by atoms with Crippen LogP contribution in [-0.2, 0) is 0 Å². The van der Waals surface area contributed by atoms with E-state index in [4.69, 9.17) is 0 Å². The van der Waals surface area contributed by atoms with Crippen molar-refractivity contribution in [2.75, 3.05) is 18.4 Å². The first-order chi connectivity index (χ1) is 12.0. The Balaban J connectivity index is 1.83. The van der Waals surface area contributed by atoms with E-state index < -0.39 is 0 Å². The van der Waals surface area contributed by atoms with Crippen molar-refractivity contribution in [3.63, 3.8) is 0 Å². The van der Waals surface area contributed by atoms with Gasteiger partial charge in [-0.3, -0.25) is 4.79 Å². The molecule has 0 radical (unpaired) electrons. The molecular formula is C20H26N4O. The van der Waals surface area contributed by atoms with E-state index in [9.17, 15) is 4.79 Å². The Morgan fingerprint density at radius 2 is 1.72 bits per heavy atom. The number of anilines is 2. The monoisotopic (exact) mass is 338 g/mol. The number of benzene rings is 1. The molecule has 25 heavy (non-hydrogen) atoms. The van der Waals surface area contributed by atoms with Gasteiger partial charge in [-0.15, -0.1) is 0 Å². The van der Waals surface area contributed by atoms with E-state index >= 15 is 0 Å². The Morgan fingerprint density at radius 1 is 1.00 bits per heavy atom. The molecule has 2 aromatic rings. The van der Waals surface area contributed by atoms with Gasteiger partial charge in [0.05, 0.1) is 0 Å². The largest absolute Gasteiger partial charge is 0.340 e. The first kappa shape index (κ1) is 17.4. The van der Waals surface area contributed by atoms with E-state index in [1.807, 2.05) is 17.9 Å². The lowest BCUT2D eigenvalue weighted by atomic mass is 10.1. The quantitative estimate of drug-likeness (QED) is 0.913. The maximum absolute atomic E-state index is 12.8. The lowest BCUT2D eigenvalue weighted by molar-refractivity contribution is 0.0755. The fourth-order valence-corrected chi connectivity index (χ4v) is 3.27. The predicted octanol–water partition coefficient (Wildman–Crippen LogP) is 4.16. The van der Waals surface area contributed by atoms with Crippen molar-refractivity contribution in [1.82, 2.24) is 14.9 Å². The van der Waals surface area contributed by atoms with Crippen molar-refractivity contribution in [2.24, 2.45) is 0 Å². The zero-order chi connectivity index (χ0) is 17.8. The van der Waals surface area contributed by atoms with Crippen molar-refractivity contribution in [3.8, 4) is 0 Å². The molecule has 1 aromatic heterocycles. The number of hydrogen-bond donors (Lipinski definition) is 1. The van der Waals surface area contributed by atoms with Crippen LogP contribution in [-0.4, -0.2) is 33.9 Å². The molecular weight excluding hydrogens is 312 g/mol. The van der Waals surface area contributed by atoms with Crippen LogP contribution in [0.4, 0.5) is 11.5 Å². The minimum Gasteiger partial charge on any atom is -0.340 e. The number of amides is 1. The number of nitrogens with one attached hydrogen (secondary N) is 1. The van der Waals surface area contributed by atoms with E-state index in [2.05, 4.69) is 41.3 Å². The third-order valence-corrected chi connectivity index (χ3v) is 4.59. The van der Waals surface area contributed by atoms with Gasteiger partial charge in [0.2, 0.25) is 0 Å². The topological polar surface area (TPSA) is 58.1 Å². The van der Waals surface area contributed by atoms with Crippen molar-refractivity contribution in [3.05, 3.63) is 46.9 Å². The zero-order valence-electron chi connectivity index (χ0n) is 15.3. The molecule has 1 aliphatic heterocycles. The summed E-state index contributed by atoms with van der Waals surface area (Å²) < 4.78 is 0. The smallest absolute Gasteiger partial charge is 0.272 e. The van der Waals surface area contributed by atoms with Gasteiger partial charge in [-0.1, -0.05) is 30.5 Å². The Labute approximate surface area is 149 Å². The Kier molecular flexibility index (Phi) is 5.31. The van der Waals surface area contributed by atoms with Gasteiger partial charge >= 0.3 is 0 Å². The molecule has 2 heterocycles. The van der Waals surface area contributed by atoms with Crippen LogP contribution < -0.4 is 5.32 Å². The molecule has 0 atom stereocenters. The first-order valence-corrected chi connectivity index (χ1v) is 9.02. The summed E-state index contributed by atoms with van der Waals surface area (Å²) >= 11 is 0. The van der Waals surface area contributed by atoms with E-state index in [0.717, 1.165) is 37.2 Å². The molecule has 1 fully saturated rings. The summed E-state index contributed by atoms with van der Waals surface area (Å²) in [5.41, 5.74) is 3.84. The standard InChI is InChI=1S/C20H26N4O/c1-14-8-9-17(15(2)12-14)23-19-13-18(21-16(3)22-19)20(25)24-10-6-4-5-7-11-24/h8-9,12-13H,4-7,10-11H2,1-3H3,(H,21,22,23). The summed E-state index contributed by atoms with van der Waals surface area (Å²) in [6.45, 7) is 7.60. The van der Waals surface area contributed by atoms with Crippen molar-refractivity contribution in [1.29, 1.82) is 0 Å². The third-order valence-electron chi connectivity index (χ3n) is 4.59. The molecule has 5 heteroatoms. The summed E-state index contributed by atoms with van der Waals surface area (Å²) in [6, 6.07) is 7.99. The van der Waals surface area contributed by atoms with Gasteiger partial charge in [-0.05, 0) is 45.2 Å². The minimum atomic E-state index is 0.0103. The number of carbonyl (C=O) groups is 1. The second-order valence-corrected chi connectivity index (χ2v) is 6.84. The Morgan fingerprint density at radius 3 is 2.40 bits per heavy atom. The summed E-state index contributed by atoms with van der Waals surface area (Å²) in [4.78, 5) is 23.6. The van der Waals surface area contributed by atoms with Crippen molar-refractivity contribution >= 4 is 17.4 Å². The van der Waals surface area contributed by atoms with Gasteiger partial charge in [0.25, 0.3) is 5.91 Å². The highest BCUT2D eigenvalue weighted by Gasteiger charge is 2.19. The fourth-order valence-electron chi connectivity index (χ4n) is 3.27. The van der Waals surface area contributed by atoms with Crippen LogP contribution in [0.3, 0.4) is 0 Å². The predicted molar refractivity (Wildman–Crippen MR) is 100 cm³/mol. The third kappa shape index (κ3) is 4.35. The molecule has 0 spiro atoms. The Hall–Kier alpha value is -2.43. The highest BCUT2D eigenvalue weighted by molar-refractivity contribution is 5.93. The maximum Gasteiger partial charge on any atom is 0.272 e. The molecule has 1 N–H and O–H groups in total. The van der Waals surface area contributed by atoms with E-state index in [0.29, 0.717) is 17.3 Å². The van der Waals surface area contributed by atoms with Crippen LogP contribution in [0.5, 0.6) is 0 Å². The molecule has 1 aliphatic rings. The molecule has 0 saturated carbocycles. The molecule has 0 unspecified atom stereocenters. The van der Waals surface area contributed by atoms with E-state index in [1.165, 1.54) is 18.4 Å². The van der Waals surface area contributed by atoms with E-state index in [1.54, 1.807) is 6.07 Å². The second-order valence-electron chi connectivity index (χ2n) is 6.84. The Bertz CT molecular complexity index is 764. The van der Waals surface area contributed by atoms with Crippen LogP contribution in [0.2, 0.25) is 0 Å². The number of hydrogen-bond acceptors (Lipinski definition) is 4. The van der Waals surface area contributed by atoms with Gasteiger partial charge in [0.1, 0.15) is 17.3 Å². The number of aromatic nitrogens is 2. The summed E-state index contributed by atoms with van der Waals surface area (Å²) in [5, 5.41) is 3.33. The number of likely N-dealkylation sites (tertiary alicyclic amines) is 1. The number of nitrogens with zero attached hydrogens (tertiary/aromatic N) is 3. The van der Waals surface area contributed by atoms with Crippen LogP contribution in [0.25, 0.3) is 0 Å². The summed E-state index contributed by atoms with van der Waals surface area (Å²) in [5.74, 6) is 1.28. The molecule has 3 rings (SSSR count). The van der Waals surface area contributed by atoms with E-state index in [-0.39, 0.29) is 5.91 Å². The molecule has 1 amide bonds. The van der Waals surface area contributed by atoms with Crippen molar-refractivity contribution < 1.29 is 4.79 Å². The normalized spacial score (nSPS) is 14.9. The van der Waals surface area contributed by atoms with Crippen LogP contribution in [0.1, 0.15) is 53.1 Å². The highest BCUT2D eigenvalue weighted by Crippen LogP contribution is 2.21. The maximum atomic E-state index is 12.8. The molecule has 5 nitrogen and oxygen atoms in total. The highest BCUT2D eigenvalue weighted by atomic mass is 16.2. The lowest BCUT2D eigenvalue weighted by Crippen LogP contribution is -2.32. The number of aryl methyl sites for hydroxylation is 3. The van der Waals surface area contributed by atoms with Gasteiger partial charge in [0, 0.05) is 24.8 Å². The average Bonchev–Trinajstić information content (AvgIpc) is 2.85. The van der Waals surface area contributed by atoms with Crippen molar-refractivity contribution in [2.45, 2.75) is 46.5 Å². The number of carbonyl (C=O) groups excluding carboxylic acids is 1. The van der Waals surface area contributed by atoms with Gasteiger partial charge in [-0.2, -0.15) is 0 Å². The molecule has 132 valence electrons. The lowest BCUT2D eigenvalue weighted by Gasteiger charge is -2.20. The summed E-state index contributed by atoms with van der Waals surface area (Å²) in [6.07, 6.45) is 4.55. The van der Waals surface area contributed by atoms with Gasteiger partial charge in [-0.25, -0.2) is 9.97 Å². The molecule has 0 bridgehead atoms. The minimum absolute atomic E-state index is 0.0103. The number of rotatable bonds is 3. The SMILES string of the molecule is Cc1ccc(Nc2cc(C(=O)N3CCCCCC3)nc(C)n2)c(C)c1. The second kappa shape index (κ2) is 7.64. The van der Waals surface area contributed by atoms with Crippen LogP contribution in [0, 0.1) is 20.8 Å². The average molecular weight is 338 g/mol. The fraction of sp³-hybridized carbons (Fsp3) is 0.450. The molecule has 0 aliphatic carbocycles. The van der Waals surface area contributed by atoms with Crippen LogP contribution >= 0.6 is 0 Å².